The number of carbonyl (C=O) groups excluding carboxylic acids is 1. The van der Waals surface area contributed by atoms with Crippen LogP contribution in [0.3, 0.4) is 0 Å². The Morgan fingerprint density at radius 2 is 1.95 bits per heavy atom. The Balaban J connectivity index is 2.08. The number of carbonyl (C=O) groups is 1. The second kappa shape index (κ2) is 5.70. The van der Waals surface area contributed by atoms with Crippen molar-refractivity contribution in [2.75, 3.05) is 7.05 Å². The molecule has 1 aliphatic carbocycles. The third-order valence-electron chi connectivity index (χ3n) is 3.94. The maximum absolute atomic E-state index is 13.2. The highest BCUT2D eigenvalue weighted by Gasteiger charge is 2.26. The molecule has 0 unspecified atom stereocenters. The van der Waals surface area contributed by atoms with Gasteiger partial charge < -0.3 is 10.0 Å². The molecular weight excluding hydrogens is 245 g/mol. The van der Waals surface area contributed by atoms with Gasteiger partial charge in [0.05, 0.1) is 6.10 Å². The van der Waals surface area contributed by atoms with Gasteiger partial charge in [0.2, 0.25) is 0 Å². The average molecular weight is 265 g/mol. The third kappa shape index (κ3) is 3.13. The van der Waals surface area contributed by atoms with Crippen LogP contribution in [0.4, 0.5) is 4.39 Å². The minimum absolute atomic E-state index is 0.0792. The monoisotopic (exact) mass is 265 g/mol. The number of aryl methyl sites for hydroxylation is 1. The highest BCUT2D eigenvalue weighted by atomic mass is 19.1. The Labute approximate surface area is 113 Å². The summed E-state index contributed by atoms with van der Waals surface area (Å²) in [5, 5.41) is 9.49. The molecule has 0 radical (unpaired) electrons. The van der Waals surface area contributed by atoms with Crippen LogP contribution in [0.15, 0.2) is 18.2 Å². The smallest absolute Gasteiger partial charge is 0.253 e. The van der Waals surface area contributed by atoms with E-state index in [2.05, 4.69) is 0 Å². The normalized spacial score (nSPS) is 23.2. The summed E-state index contributed by atoms with van der Waals surface area (Å²) in [5.74, 6) is -0.371. The van der Waals surface area contributed by atoms with E-state index < -0.39 is 0 Å². The van der Waals surface area contributed by atoms with Crippen LogP contribution < -0.4 is 0 Å². The molecule has 0 spiro atoms. The lowest BCUT2D eigenvalue weighted by atomic mass is 9.92. The lowest BCUT2D eigenvalue weighted by Gasteiger charge is -2.33. The Morgan fingerprint density at radius 3 is 2.53 bits per heavy atom. The molecule has 4 heteroatoms. The maximum Gasteiger partial charge on any atom is 0.253 e. The molecule has 1 N–H and O–H groups in total. The van der Waals surface area contributed by atoms with Crippen LogP contribution in [0.5, 0.6) is 0 Å². The number of aliphatic hydroxyl groups is 1. The zero-order chi connectivity index (χ0) is 14.0. The molecule has 3 nitrogen and oxygen atoms in total. The number of hydrogen-bond acceptors (Lipinski definition) is 2. The summed E-state index contributed by atoms with van der Waals surface area (Å²) in [4.78, 5) is 14.1. The summed E-state index contributed by atoms with van der Waals surface area (Å²) in [5.41, 5.74) is 1.01. The Morgan fingerprint density at radius 1 is 1.32 bits per heavy atom. The van der Waals surface area contributed by atoms with Crippen LogP contribution in [0.1, 0.15) is 41.6 Å². The lowest BCUT2D eigenvalue weighted by Crippen LogP contribution is -2.40. The molecular formula is C15H20FNO2. The van der Waals surface area contributed by atoms with Gasteiger partial charge >= 0.3 is 0 Å². The summed E-state index contributed by atoms with van der Waals surface area (Å²) in [6.45, 7) is 1.66. The molecule has 2 rings (SSSR count). The number of rotatable bonds is 2. The molecule has 0 heterocycles. The molecule has 0 atom stereocenters. The van der Waals surface area contributed by atoms with Crippen molar-refractivity contribution in [3.05, 3.63) is 35.1 Å². The molecule has 104 valence electrons. The van der Waals surface area contributed by atoms with Gasteiger partial charge in [-0.05, 0) is 56.4 Å². The maximum atomic E-state index is 13.2. The standard InChI is InChI=1S/C15H20FNO2/c1-10-9-11(3-8-14(10)16)15(19)17(2)12-4-6-13(18)7-5-12/h3,8-9,12-13,18H,4-7H2,1-2H3. The van der Waals surface area contributed by atoms with Gasteiger partial charge in [0.15, 0.2) is 0 Å². The fourth-order valence-electron chi connectivity index (χ4n) is 2.59. The molecule has 0 bridgehead atoms. The summed E-state index contributed by atoms with van der Waals surface area (Å²) >= 11 is 0. The minimum atomic E-state index is -0.292. The molecule has 19 heavy (non-hydrogen) atoms. The van der Waals surface area contributed by atoms with Gasteiger partial charge in [-0.15, -0.1) is 0 Å². The first-order chi connectivity index (χ1) is 8.99. The van der Waals surface area contributed by atoms with Crippen molar-refractivity contribution in [1.82, 2.24) is 4.90 Å². The molecule has 1 fully saturated rings. The van der Waals surface area contributed by atoms with Crippen molar-refractivity contribution in [1.29, 1.82) is 0 Å². The van der Waals surface area contributed by atoms with Gasteiger partial charge in [0.1, 0.15) is 5.82 Å². The highest BCUT2D eigenvalue weighted by Crippen LogP contribution is 2.23. The molecule has 0 aliphatic heterocycles. The third-order valence-corrected chi connectivity index (χ3v) is 3.94. The number of hydrogen-bond donors (Lipinski definition) is 1. The molecule has 1 aliphatic rings. The lowest BCUT2D eigenvalue weighted by molar-refractivity contribution is 0.0569. The Hall–Kier alpha value is -1.42. The van der Waals surface area contributed by atoms with E-state index in [0.717, 1.165) is 25.7 Å². The first-order valence-electron chi connectivity index (χ1n) is 6.70. The van der Waals surface area contributed by atoms with Gasteiger partial charge in [-0.25, -0.2) is 4.39 Å². The van der Waals surface area contributed by atoms with Crippen molar-refractivity contribution >= 4 is 5.91 Å². The number of amides is 1. The van der Waals surface area contributed by atoms with Crippen LogP contribution in [0.2, 0.25) is 0 Å². The molecule has 1 aromatic rings. The van der Waals surface area contributed by atoms with Gasteiger partial charge in [0.25, 0.3) is 5.91 Å². The molecule has 1 aromatic carbocycles. The van der Waals surface area contributed by atoms with Gasteiger partial charge in [0, 0.05) is 18.7 Å². The van der Waals surface area contributed by atoms with Crippen LogP contribution in [-0.2, 0) is 0 Å². The first kappa shape index (κ1) is 14.0. The Kier molecular flexibility index (Phi) is 4.20. The van der Waals surface area contributed by atoms with E-state index in [-0.39, 0.29) is 23.9 Å². The van der Waals surface area contributed by atoms with Crippen LogP contribution in [0, 0.1) is 12.7 Å². The van der Waals surface area contributed by atoms with E-state index in [0.29, 0.717) is 11.1 Å². The molecule has 1 amide bonds. The zero-order valence-electron chi connectivity index (χ0n) is 11.4. The van der Waals surface area contributed by atoms with Crippen molar-refractivity contribution in [3.63, 3.8) is 0 Å². The summed E-state index contributed by atoms with van der Waals surface area (Å²) in [6.07, 6.45) is 2.90. The van der Waals surface area contributed by atoms with Crippen LogP contribution in [-0.4, -0.2) is 35.1 Å². The minimum Gasteiger partial charge on any atom is -0.393 e. The quantitative estimate of drug-likeness (QED) is 0.892. The summed E-state index contributed by atoms with van der Waals surface area (Å²) in [7, 11) is 1.78. The van der Waals surface area contributed by atoms with Crippen molar-refractivity contribution in [2.24, 2.45) is 0 Å². The number of nitrogens with zero attached hydrogens (tertiary/aromatic N) is 1. The van der Waals surface area contributed by atoms with E-state index in [1.54, 1.807) is 24.9 Å². The predicted octanol–water partition coefficient (Wildman–Crippen LogP) is 2.51. The first-order valence-corrected chi connectivity index (χ1v) is 6.70. The van der Waals surface area contributed by atoms with Crippen molar-refractivity contribution in [3.8, 4) is 0 Å². The van der Waals surface area contributed by atoms with E-state index >= 15 is 0 Å². The van der Waals surface area contributed by atoms with Crippen LogP contribution in [0.25, 0.3) is 0 Å². The molecule has 0 saturated heterocycles. The topological polar surface area (TPSA) is 40.5 Å². The predicted molar refractivity (Wildman–Crippen MR) is 71.5 cm³/mol. The van der Waals surface area contributed by atoms with Crippen LogP contribution >= 0.6 is 0 Å². The fourth-order valence-corrected chi connectivity index (χ4v) is 2.59. The second-order valence-electron chi connectivity index (χ2n) is 5.34. The SMILES string of the molecule is Cc1cc(C(=O)N(C)C2CCC(O)CC2)ccc1F. The number of halogens is 1. The Bertz CT molecular complexity index is 467. The largest absolute Gasteiger partial charge is 0.393 e. The van der Waals surface area contributed by atoms with Crippen molar-refractivity contribution < 1.29 is 14.3 Å². The van der Waals surface area contributed by atoms with E-state index in [1.807, 2.05) is 0 Å². The van der Waals surface area contributed by atoms with E-state index in [4.69, 9.17) is 0 Å². The van der Waals surface area contributed by atoms with Crippen molar-refractivity contribution in [2.45, 2.75) is 44.8 Å². The zero-order valence-corrected chi connectivity index (χ0v) is 11.4. The number of benzene rings is 1. The van der Waals surface area contributed by atoms with Gasteiger partial charge in [-0.3, -0.25) is 4.79 Å². The fraction of sp³-hybridized carbons (Fsp3) is 0.533. The summed E-state index contributed by atoms with van der Waals surface area (Å²) in [6, 6.07) is 4.62. The molecule has 1 saturated carbocycles. The van der Waals surface area contributed by atoms with E-state index in [9.17, 15) is 14.3 Å². The van der Waals surface area contributed by atoms with Gasteiger partial charge in [-0.2, -0.15) is 0 Å². The average Bonchev–Trinajstić information content (AvgIpc) is 2.41. The van der Waals surface area contributed by atoms with Gasteiger partial charge in [-0.1, -0.05) is 0 Å². The van der Waals surface area contributed by atoms with E-state index in [1.165, 1.54) is 12.1 Å². The number of aliphatic hydroxyl groups excluding tert-OH is 1. The second-order valence-corrected chi connectivity index (χ2v) is 5.34. The summed E-state index contributed by atoms with van der Waals surface area (Å²) < 4.78 is 13.2. The highest BCUT2D eigenvalue weighted by molar-refractivity contribution is 5.94. The molecule has 0 aromatic heterocycles.